The monoisotopic (exact) mass is 347 g/mol. The van der Waals surface area contributed by atoms with Gasteiger partial charge in [-0.25, -0.2) is 4.79 Å². The van der Waals surface area contributed by atoms with Gasteiger partial charge in [0.2, 0.25) is 0 Å². The highest BCUT2D eigenvalue weighted by atomic mass is 16.5. The SMILES string of the molecule is COc1ccc(CN2COc3c(cc4c5c(cccc35)C(=O)O4)C2)cc1. The lowest BCUT2D eigenvalue weighted by atomic mass is 10.00. The van der Waals surface area contributed by atoms with Crippen LogP contribution in [0.2, 0.25) is 0 Å². The topological polar surface area (TPSA) is 48.0 Å². The number of esters is 1. The smallest absolute Gasteiger partial charge is 0.344 e. The molecule has 2 aliphatic heterocycles. The highest BCUT2D eigenvalue weighted by Gasteiger charge is 2.29. The number of ether oxygens (including phenoxy) is 3. The minimum absolute atomic E-state index is 0.289. The van der Waals surface area contributed by atoms with Crippen LogP contribution in [0.3, 0.4) is 0 Å². The minimum atomic E-state index is -0.289. The maximum atomic E-state index is 12.0. The summed E-state index contributed by atoms with van der Waals surface area (Å²) in [6, 6.07) is 15.6. The molecule has 2 heterocycles. The first-order valence-corrected chi connectivity index (χ1v) is 8.52. The Morgan fingerprint density at radius 1 is 1.15 bits per heavy atom. The molecule has 3 aromatic rings. The van der Waals surface area contributed by atoms with Gasteiger partial charge in [0.25, 0.3) is 0 Å². The van der Waals surface area contributed by atoms with Crippen LogP contribution in [0, 0.1) is 0 Å². The Balaban J connectivity index is 1.46. The minimum Gasteiger partial charge on any atom is -0.497 e. The second-order valence-corrected chi connectivity index (χ2v) is 6.59. The third-order valence-electron chi connectivity index (χ3n) is 4.93. The van der Waals surface area contributed by atoms with Crippen molar-refractivity contribution in [1.82, 2.24) is 4.90 Å². The number of rotatable bonds is 3. The van der Waals surface area contributed by atoms with Gasteiger partial charge >= 0.3 is 5.97 Å². The highest BCUT2D eigenvalue weighted by molar-refractivity contribution is 6.14. The van der Waals surface area contributed by atoms with E-state index in [0.29, 0.717) is 18.0 Å². The molecule has 0 saturated heterocycles. The van der Waals surface area contributed by atoms with Crippen molar-refractivity contribution in [3.8, 4) is 17.2 Å². The van der Waals surface area contributed by atoms with Crippen LogP contribution in [0.15, 0.2) is 48.5 Å². The fourth-order valence-corrected chi connectivity index (χ4v) is 3.70. The number of carbonyl (C=O) groups is 1. The molecule has 0 spiro atoms. The summed E-state index contributed by atoms with van der Waals surface area (Å²) in [4.78, 5) is 14.2. The van der Waals surface area contributed by atoms with Crippen molar-refractivity contribution in [1.29, 1.82) is 0 Å². The van der Waals surface area contributed by atoms with Gasteiger partial charge in [0.1, 0.15) is 24.0 Å². The van der Waals surface area contributed by atoms with Gasteiger partial charge in [-0.2, -0.15) is 0 Å². The molecule has 5 heteroatoms. The van der Waals surface area contributed by atoms with Crippen LogP contribution in [-0.4, -0.2) is 24.7 Å². The quantitative estimate of drug-likeness (QED) is 0.534. The fraction of sp³-hybridized carbons (Fsp3) is 0.190. The lowest BCUT2D eigenvalue weighted by molar-refractivity contribution is 0.0751. The molecule has 0 aliphatic carbocycles. The molecule has 0 amide bonds. The summed E-state index contributed by atoms with van der Waals surface area (Å²) in [6.45, 7) is 2.02. The van der Waals surface area contributed by atoms with Crippen LogP contribution in [0.4, 0.5) is 0 Å². The number of hydrogen-bond acceptors (Lipinski definition) is 5. The first-order chi connectivity index (χ1) is 12.7. The second-order valence-electron chi connectivity index (χ2n) is 6.59. The lowest BCUT2D eigenvalue weighted by Crippen LogP contribution is -2.31. The van der Waals surface area contributed by atoms with Crippen LogP contribution in [-0.2, 0) is 13.1 Å². The number of benzene rings is 3. The summed E-state index contributed by atoms with van der Waals surface area (Å²) in [6.07, 6.45) is 0. The van der Waals surface area contributed by atoms with E-state index >= 15 is 0 Å². The Labute approximate surface area is 150 Å². The summed E-state index contributed by atoms with van der Waals surface area (Å²) in [7, 11) is 1.66. The predicted molar refractivity (Wildman–Crippen MR) is 96.6 cm³/mol. The number of methoxy groups -OCH3 is 1. The van der Waals surface area contributed by atoms with E-state index in [9.17, 15) is 4.79 Å². The van der Waals surface area contributed by atoms with Crippen molar-refractivity contribution in [2.75, 3.05) is 13.8 Å². The Bertz CT molecular complexity index is 1030. The first kappa shape index (κ1) is 15.2. The Kier molecular flexibility index (Phi) is 3.36. The molecule has 0 N–H and O–H groups in total. The molecule has 0 aromatic heterocycles. The molecule has 0 atom stereocenters. The summed E-state index contributed by atoms with van der Waals surface area (Å²) < 4.78 is 16.7. The third kappa shape index (κ3) is 2.32. The van der Waals surface area contributed by atoms with Crippen LogP contribution in [0.25, 0.3) is 10.8 Å². The lowest BCUT2D eigenvalue weighted by Gasteiger charge is -2.30. The van der Waals surface area contributed by atoms with E-state index in [0.717, 1.165) is 40.9 Å². The average molecular weight is 347 g/mol. The molecule has 2 aliphatic rings. The van der Waals surface area contributed by atoms with Crippen molar-refractivity contribution >= 4 is 16.7 Å². The highest BCUT2D eigenvalue weighted by Crippen LogP contribution is 2.44. The number of nitrogens with zero attached hydrogens (tertiary/aromatic N) is 1. The maximum Gasteiger partial charge on any atom is 0.344 e. The van der Waals surface area contributed by atoms with Crippen molar-refractivity contribution in [3.05, 3.63) is 65.2 Å². The predicted octanol–water partition coefficient (Wildman–Crippen LogP) is 3.73. The van der Waals surface area contributed by atoms with Crippen LogP contribution < -0.4 is 14.2 Å². The van der Waals surface area contributed by atoms with Gasteiger partial charge in [0, 0.05) is 29.4 Å². The molecule has 0 fully saturated rings. The van der Waals surface area contributed by atoms with E-state index in [-0.39, 0.29) is 5.97 Å². The summed E-state index contributed by atoms with van der Waals surface area (Å²) in [5.41, 5.74) is 2.85. The molecule has 3 aromatic carbocycles. The normalized spacial score (nSPS) is 15.5. The van der Waals surface area contributed by atoms with Gasteiger partial charge < -0.3 is 14.2 Å². The van der Waals surface area contributed by atoms with E-state index in [2.05, 4.69) is 17.0 Å². The van der Waals surface area contributed by atoms with Gasteiger partial charge in [-0.15, -0.1) is 0 Å². The van der Waals surface area contributed by atoms with Crippen molar-refractivity contribution in [2.24, 2.45) is 0 Å². The number of hydrogen-bond donors (Lipinski definition) is 0. The Morgan fingerprint density at radius 2 is 2.00 bits per heavy atom. The molecular formula is C21H17NO4. The summed E-state index contributed by atoms with van der Waals surface area (Å²) >= 11 is 0. The van der Waals surface area contributed by atoms with Crippen molar-refractivity contribution < 1.29 is 19.0 Å². The fourth-order valence-electron chi connectivity index (χ4n) is 3.70. The van der Waals surface area contributed by atoms with Gasteiger partial charge in [-0.3, -0.25) is 4.90 Å². The molecule has 0 bridgehead atoms. The molecule has 130 valence electrons. The Hall–Kier alpha value is -3.05. The van der Waals surface area contributed by atoms with Crippen molar-refractivity contribution in [3.63, 3.8) is 0 Å². The molecule has 5 nitrogen and oxygen atoms in total. The van der Waals surface area contributed by atoms with E-state index < -0.39 is 0 Å². The molecule has 5 rings (SSSR count). The summed E-state index contributed by atoms with van der Waals surface area (Å²) in [5.74, 6) is 2.05. The molecule has 0 radical (unpaired) electrons. The third-order valence-corrected chi connectivity index (χ3v) is 4.93. The first-order valence-electron chi connectivity index (χ1n) is 8.52. The number of fused-ring (bicyclic) bond motifs is 2. The standard InChI is InChI=1S/C21H17NO4/c1-24-15-7-5-13(6-8-15)10-22-11-14-9-18-19-16(20(14)25-12-22)3-2-4-17(19)21(23)26-18/h2-9H,10-12H2,1H3. The van der Waals surface area contributed by atoms with Crippen molar-refractivity contribution in [2.45, 2.75) is 13.1 Å². The van der Waals surface area contributed by atoms with Gasteiger partial charge in [-0.1, -0.05) is 24.3 Å². The molecular weight excluding hydrogens is 330 g/mol. The Morgan fingerprint density at radius 3 is 2.81 bits per heavy atom. The van der Waals surface area contributed by atoms with E-state index in [1.54, 1.807) is 13.2 Å². The largest absolute Gasteiger partial charge is 0.497 e. The average Bonchev–Trinajstić information content (AvgIpc) is 2.99. The zero-order chi connectivity index (χ0) is 17.7. The molecule has 0 unspecified atom stereocenters. The van der Waals surface area contributed by atoms with Gasteiger partial charge in [-0.05, 0) is 29.8 Å². The molecule has 26 heavy (non-hydrogen) atoms. The van der Waals surface area contributed by atoms with Gasteiger partial charge in [0.15, 0.2) is 0 Å². The number of carbonyl (C=O) groups excluding carboxylic acids is 1. The van der Waals surface area contributed by atoms with Crippen LogP contribution >= 0.6 is 0 Å². The van der Waals surface area contributed by atoms with E-state index in [1.807, 2.05) is 30.3 Å². The van der Waals surface area contributed by atoms with Crippen LogP contribution in [0.1, 0.15) is 21.5 Å². The zero-order valence-electron chi connectivity index (χ0n) is 14.3. The second kappa shape index (κ2) is 5.75. The van der Waals surface area contributed by atoms with E-state index in [4.69, 9.17) is 14.2 Å². The maximum absolute atomic E-state index is 12.0. The van der Waals surface area contributed by atoms with E-state index in [1.165, 1.54) is 5.56 Å². The zero-order valence-corrected chi connectivity index (χ0v) is 14.3. The summed E-state index contributed by atoms with van der Waals surface area (Å²) in [5, 5.41) is 1.81. The van der Waals surface area contributed by atoms with Gasteiger partial charge in [0.05, 0.1) is 12.7 Å². The van der Waals surface area contributed by atoms with Crippen LogP contribution in [0.5, 0.6) is 17.2 Å². The molecule has 0 saturated carbocycles.